The van der Waals surface area contributed by atoms with E-state index in [1.54, 1.807) is 4.90 Å². The summed E-state index contributed by atoms with van der Waals surface area (Å²) in [5.74, 6) is -2.15. The third kappa shape index (κ3) is 5.65. The molecule has 1 unspecified atom stereocenters. The number of amides is 3. The van der Waals surface area contributed by atoms with E-state index < -0.39 is 42.2 Å². The Balaban J connectivity index is 1.21. The molecule has 0 aromatic rings. The first-order valence-electron chi connectivity index (χ1n) is 12.6. The molecule has 0 aliphatic carbocycles. The molecule has 4 heterocycles. The predicted octanol–water partition coefficient (Wildman–Crippen LogP) is -0.521. The van der Waals surface area contributed by atoms with Crippen LogP contribution in [0.25, 0.3) is 0 Å². The molecule has 4 aliphatic heterocycles. The van der Waals surface area contributed by atoms with E-state index in [9.17, 15) is 19.6 Å². The van der Waals surface area contributed by atoms with Crippen LogP contribution >= 0.6 is 0 Å². The van der Waals surface area contributed by atoms with E-state index >= 15 is 0 Å². The van der Waals surface area contributed by atoms with E-state index in [0.29, 0.717) is 32.5 Å². The van der Waals surface area contributed by atoms with Crippen molar-refractivity contribution in [2.45, 2.75) is 88.4 Å². The van der Waals surface area contributed by atoms with Gasteiger partial charge in [-0.15, -0.1) is 0 Å². The van der Waals surface area contributed by atoms with Gasteiger partial charge in [0.15, 0.2) is 12.1 Å². The number of hydrogen-bond donors (Lipinski definition) is 2. The Morgan fingerprint density at radius 3 is 2.47 bits per heavy atom. The van der Waals surface area contributed by atoms with Crippen LogP contribution < -0.4 is 10.6 Å². The average molecular weight is 508 g/mol. The van der Waals surface area contributed by atoms with Gasteiger partial charge in [0.25, 0.3) is 0 Å². The molecule has 4 fully saturated rings. The molecule has 0 aromatic carbocycles. The fourth-order valence-corrected chi connectivity index (χ4v) is 5.38. The summed E-state index contributed by atoms with van der Waals surface area (Å²) in [5.41, 5.74) is -0.334. The minimum absolute atomic E-state index is 0.0785. The molecule has 12 heteroatoms. The first-order chi connectivity index (χ1) is 17.1. The molecule has 200 valence electrons. The maximum absolute atomic E-state index is 12.8. The molecule has 0 bridgehead atoms. The van der Waals surface area contributed by atoms with E-state index in [0.717, 1.165) is 12.8 Å². The zero-order valence-corrected chi connectivity index (χ0v) is 21.5. The van der Waals surface area contributed by atoms with Gasteiger partial charge in [-0.05, 0) is 46.5 Å². The summed E-state index contributed by atoms with van der Waals surface area (Å²) in [4.78, 5) is 41.1. The van der Waals surface area contributed by atoms with E-state index in [2.05, 4.69) is 16.7 Å². The number of piperidine rings is 1. The third-order valence-electron chi connectivity index (χ3n) is 7.54. The number of carbonyl (C=O) groups excluding carboxylic acids is 3. The average Bonchev–Trinajstić information content (AvgIpc) is 3.54. The molecule has 4 aliphatic rings. The van der Waals surface area contributed by atoms with Crippen molar-refractivity contribution < 1.29 is 33.3 Å². The smallest absolute Gasteiger partial charge is 0.311 e. The van der Waals surface area contributed by atoms with Gasteiger partial charge in [0.05, 0.1) is 12.6 Å². The van der Waals surface area contributed by atoms with Crippen molar-refractivity contribution >= 4 is 17.7 Å². The van der Waals surface area contributed by atoms with E-state index in [1.165, 1.54) is 12.0 Å². The third-order valence-corrected chi connectivity index (χ3v) is 7.54. The highest BCUT2D eigenvalue weighted by molar-refractivity contribution is 6.35. The minimum Gasteiger partial charge on any atom is -0.353 e. The summed E-state index contributed by atoms with van der Waals surface area (Å²) in [5, 5.41) is 15.2. The molecule has 0 aromatic heterocycles. The Kier molecular flexibility index (Phi) is 7.87. The molecule has 5 atom stereocenters. The lowest BCUT2D eigenvalue weighted by Crippen LogP contribution is -2.57. The molecule has 4 rings (SSSR count). The van der Waals surface area contributed by atoms with Gasteiger partial charge in [-0.3, -0.25) is 14.4 Å². The monoisotopic (exact) mass is 507 g/mol. The zero-order valence-electron chi connectivity index (χ0n) is 21.5. The first-order valence-corrected chi connectivity index (χ1v) is 12.6. The second-order valence-corrected chi connectivity index (χ2v) is 10.6. The summed E-state index contributed by atoms with van der Waals surface area (Å²) >= 11 is 0. The first kappa shape index (κ1) is 26.8. The van der Waals surface area contributed by atoms with Gasteiger partial charge in [0, 0.05) is 38.8 Å². The number of nitrogens with one attached hydrogen (secondary N) is 2. The summed E-state index contributed by atoms with van der Waals surface area (Å²) in [7, 11) is 1.52. The Morgan fingerprint density at radius 2 is 1.81 bits per heavy atom. The summed E-state index contributed by atoms with van der Waals surface area (Å²) in [6.07, 6.45) is 0.856. The van der Waals surface area contributed by atoms with Crippen molar-refractivity contribution in [2.75, 3.05) is 39.8 Å². The quantitative estimate of drug-likeness (QED) is 0.454. The van der Waals surface area contributed by atoms with E-state index in [4.69, 9.17) is 18.9 Å². The second kappa shape index (κ2) is 10.6. The molecule has 0 radical (unpaired) electrons. The van der Waals surface area contributed by atoms with Gasteiger partial charge in [0.2, 0.25) is 5.91 Å². The van der Waals surface area contributed by atoms with Crippen LogP contribution in [0.2, 0.25) is 0 Å². The Morgan fingerprint density at radius 1 is 1.11 bits per heavy atom. The molecule has 12 nitrogen and oxygen atoms in total. The lowest BCUT2D eigenvalue weighted by atomic mass is 9.89. The van der Waals surface area contributed by atoms with Gasteiger partial charge >= 0.3 is 11.8 Å². The molecular formula is C24H37N5O7. The Bertz CT molecular complexity index is 898. The van der Waals surface area contributed by atoms with Crippen molar-refractivity contribution in [3.8, 4) is 6.07 Å². The molecule has 0 saturated carbocycles. The van der Waals surface area contributed by atoms with Crippen molar-refractivity contribution in [2.24, 2.45) is 0 Å². The molecule has 3 amide bonds. The molecule has 2 N–H and O–H groups in total. The number of methoxy groups -OCH3 is 1. The van der Waals surface area contributed by atoms with Crippen molar-refractivity contribution in [3.63, 3.8) is 0 Å². The highest BCUT2D eigenvalue weighted by Crippen LogP contribution is 2.38. The van der Waals surface area contributed by atoms with E-state index in [-0.39, 0.29) is 30.6 Å². The van der Waals surface area contributed by atoms with Crippen LogP contribution in [0.5, 0.6) is 0 Å². The lowest BCUT2D eigenvalue weighted by Gasteiger charge is -2.40. The number of nitriles is 1. The van der Waals surface area contributed by atoms with Crippen LogP contribution in [0.15, 0.2) is 0 Å². The largest absolute Gasteiger partial charge is 0.353 e. The van der Waals surface area contributed by atoms with Gasteiger partial charge in [0.1, 0.15) is 24.4 Å². The zero-order chi connectivity index (χ0) is 26.1. The number of rotatable bonds is 6. The SMILES string of the molecule is CO[C@@H]1OC(CNC(=O)C(=O)N2CCC(C)(NCC(=O)N3CCC[C@H]3C#N)CC2)[C@H]2OC(C)(C)O[C@@H]12. The van der Waals surface area contributed by atoms with Crippen LogP contribution in [0.3, 0.4) is 0 Å². The Labute approximate surface area is 211 Å². The summed E-state index contributed by atoms with van der Waals surface area (Å²) in [6.45, 7) is 7.29. The van der Waals surface area contributed by atoms with E-state index in [1.807, 2.05) is 20.8 Å². The van der Waals surface area contributed by atoms with Crippen molar-refractivity contribution in [1.82, 2.24) is 20.4 Å². The van der Waals surface area contributed by atoms with Crippen LogP contribution in [-0.4, -0.2) is 109 Å². The van der Waals surface area contributed by atoms with Gasteiger partial charge < -0.3 is 39.4 Å². The second-order valence-electron chi connectivity index (χ2n) is 10.6. The summed E-state index contributed by atoms with van der Waals surface area (Å²) < 4.78 is 22.9. The molecular weight excluding hydrogens is 470 g/mol. The number of likely N-dealkylation sites (tertiary alicyclic amines) is 2. The van der Waals surface area contributed by atoms with Gasteiger partial charge in [-0.25, -0.2) is 0 Å². The van der Waals surface area contributed by atoms with Crippen LogP contribution in [0.4, 0.5) is 0 Å². The molecule has 0 spiro atoms. The minimum atomic E-state index is -0.779. The Hall–Kier alpha value is -2.30. The number of hydrogen-bond acceptors (Lipinski definition) is 9. The number of fused-ring (bicyclic) bond motifs is 1. The normalized spacial score (nSPS) is 32.7. The topological polar surface area (TPSA) is 142 Å². The summed E-state index contributed by atoms with van der Waals surface area (Å²) in [6, 6.07) is 1.84. The molecule has 4 saturated heterocycles. The predicted molar refractivity (Wildman–Crippen MR) is 125 cm³/mol. The molecule has 36 heavy (non-hydrogen) atoms. The van der Waals surface area contributed by atoms with Gasteiger partial charge in [-0.1, -0.05) is 0 Å². The van der Waals surface area contributed by atoms with Gasteiger partial charge in [-0.2, -0.15) is 5.26 Å². The highest BCUT2D eigenvalue weighted by Gasteiger charge is 2.55. The number of ether oxygens (including phenoxy) is 4. The fourth-order valence-electron chi connectivity index (χ4n) is 5.38. The standard InChI is InChI=1S/C24H37N5O7/c1-23(2)35-18-16(34-22(33-4)19(18)36-23)13-26-20(31)21(32)28-10-7-24(3,8-11-28)27-14-17(30)29-9-5-6-15(29)12-25/h15-16,18-19,22,27H,5-11,13-14H2,1-4H3,(H,26,31)/t15-,16?,18+,19+,22+/m0/s1. The van der Waals surface area contributed by atoms with Crippen molar-refractivity contribution in [3.05, 3.63) is 0 Å². The van der Waals surface area contributed by atoms with Crippen LogP contribution in [0, 0.1) is 11.3 Å². The van der Waals surface area contributed by atoms with Crippen LogP contribution in [0.1, 0.15) is 46.5 Å². The van der Waals surface area contributed by atoms with Crippen LogP contribution in [-0.2, 0) is 33.3 Å². The number of carbonyl (C=O) groups is 3. The number of nitrogens with zero attached hydrogens (tertiary/aromatic N) is 3. The maximum Gasteiger partial charge on any atom is 0.311 e. The fraction of sp³-hybridized carbons (Fsp3) is 0.833. The maximum atomic E-state index is 12.8. The van der Waals surface area contributed by atoms with Crippen molar-refractivity contribution in [1.29, 1.82) is 5.26 Å². The highest BCUT2D eigenvalue weighted by atomic mass is 16.8. The lowest BCUT2D eigenvalue weighted by molar-refractivity contribution is -0.226.